The quantitative estimate of drug-likeness (QED) is 0.741. The van der Waals surface area contributed by atoms with Crippen LogP contribution in [-0.4, -0.2) is 11.3 Å². The molecule has 0 radical (unpaired) electrons. The van der Waals surface area contributed by atoms with Crippen LogP contribution in [0.4, 0.5) is 0 Å². The molecule has 0 saturated carbocycles. The van der Waals surface area contributed by atoms with E-state index in [4.69, 9.17) is 11.6 Å². The zero-order valence-corrected chi connectivity index (χ0v) is 9.53. The summed E-state index contributed by atoms with van der Waals surface area (Å²) in [6.07, 6.45) is 2.45. The predicted octanol–water partition coefficient (Wildman–Crippen LogP) is 3.52. The molecule has 0 aliphatic carbocycles. The number of benzene rings is 1. The molecule has 1 aromatic heterocycles. The van der Waals surface area contributed by atoms with Crippen LogP contribution in [-0.2, 0) is 0 Å². The summed E-state index contributed by atoms with van der Waals surface area (Å²) in [5.74, 6) is 0. The number of hydrogen-bond donors (Lipinski definition) is 0. The van der Waals surface area contributed by atoms with Gasteiger partial charge in [0.15, 0.2) is 6.29 Å². The number of aryl methyl sites for hydroxylation is 1. The smallest absolute Gasteiger partial charge is 0.152 e. The van der Waals surface area contributed by atoms with Crippen molar-refractivity contribution in [2.24, 2.45) is 0 Å². The standard InChI is InChI=1S/C13H10ClNO/c1-9-4-5-12(14)11(7-9)13-10(8-16)3-2-6-15-13/h2-8H,1H3. The maximum atomic E-state index is 10.9. The first-order valence-electron chi connectivity index (χ1n) is 4.89. The molecule has 0 unspecified atom stereocenters. The summed E-state index contributed by atoms with van der Waals surface area (Å²) in [4.78, 5) is 15.1. The summed E-state index contributed by atoms with van der Waals surface area (Å²) in [5.41, 5.74) is 3.06. The predicted molar refractivity (Wildman–Crippen MR) is 64.8 cm³/mol. The second kappa shape index (κ2) is 4.45. The highest BCUT2D eigenvalue weighted by Crippen LogP contribution is 2.28. The van der Waals surface area contributed by atoms with Crippen molar-refractivity contribution in [3.63, 3.8) is 0 Å². The number of carbonyl (C=O) groups is 1. The Kier molecular flexibility index (Phi) is 3.02. The van der Waals surface area contributed by atoms with E-state index in [1.807, 2.05) is 25.1 Å². The van der Waals surface area contributed by atoms with Crippen LogP contribution in [0.15, 0.2) is 36.5 Å². The molecular weight excluding hydrogens is 222 g/mol. The molecule has 2 aromatic rings. The largest absolute Gasteiger partial charge is 0.298 e. The van der Waals surface area contributed by atoms with Crippen molar-refractivity contribution in [3.8, 4) is 11.3 Å². The molecule has 0 spiro atoms. The highest BCUT2D eigenvalue weighted by molar-refractivity contribution is 6.33. The third kappa shape index (κ3) is 1.97. The lowest BCUT2D eigenvalue weighted by atomic mass is 10.0. The Morgan fingerprint density at radius 1 is 1.31 bits per heavy atom. The fourth-order valence-corrected chi connectivity index (χ4v) is 1.77. The highest BCUT2D eigenvalue weighted by Gasteiger charge is 2.09. The number of hydrogen-bond acceptors (Lipinski definition) is 2. The molecule has 3 heteroatoms. The molecule has 0 fully saturated rings. The Hall–Kier alpha value is -1.67. The minimum Gasteiger partial charge on any atom is -0.298 e. The molecular formula is C13H10ClNO. The van der Waals surface area contributed by atoms with Gasteiger partial charge in [0, 0.05) is 22.3 Å². The molecule has 2 nitrogen and oxygen atoms in total. The normalized spacial score (nSPS) is 10.1. The van der Waals surface area contributed by atoms with Crippen molar-refractivity contribution >= 4 is 17.9 Å². The summed E-state index contributed by atoms with van der Waals surface area (Å²) in [6.45, 7) is 1.98. The molecule has 0 saturated heterocycles. The average Bonchev–Trinajstić information content (AvgIpc) is 2.32. The first kappa shape index (κ1) is 10.8. The van der Waals surface area contributed by atoms with Gasteiger partial charge in [-0.3, -0.25) is 9.78 Å². The highest BCUT2D eigenvalue weighted by atomic mass is 35.5. The molecule has 16 heavy (non-hydrogen) atoms. The van der Waals surface area contributed by atoms with Crippen LogP contribution in [0.25, 0.3) is 11.3 Å². The monoisotopic (exact) mass is 231 g/mol. The van der Waals surface area contributed by atoms with E-state index in [1.54, 1.807) is 18.3 Å². The number of aldehydes is 1. The maximum Gasteiger partial charge on any atom is 0.152 e. The van der Waals surface area contributed by atoms with Gasteiger partial charge in [-0.1, -0.05) is 23.2 Å². The van der Waals surface area contributed by atoms with Crippen molar-refractivity contribution in [2.75, 3.05) is 0 Å². The summed E-state index contributed by atoms with van der Waals surface area (Å²) in [6, 6.07) is 9.13. The Balaban J connectivity index is 2.66. The number of halogens is 1. The zero-order valence-electron chi connectivity index (χ0n) is 8.77. The second-order valence-corrected chi connectivity index (χ2v) is 3.95. The molecule has 0 atom stereocenters. The Bertz CT molecular complexity index is 537. The summed E-state index contributed by atoms with van der Waals surface area (Å²) >= 11 is 6.10. The van der Waals surface area contributed by atoms with Crippen LogP contribution in [0, 0.1) is 6.92 Å². The van der Waals surface area contributed by atoms with Crippen molar-refractivity contribution < 1.29 is 4.79 Å². The van der Waals surface area contributed by atoms with Gasteiger partial charge in [0.2, 0.25) is 0 Å². The van der Waals surface area contributed by atoms with Gasteiger partial charge < -0.3 is 0 Å². The molecule has 0 N–H and O–H groups in total. The fourth-order valence-electron chi connectivity index (χ4n) is 1.56. The lowest BCUT2D eigenvalue weighted by Gasteiger charge is -2.06. The van der Waals surface area contributed by atoms with Crippen LogP contribution < -0.4 is 0 Å². The van der Waals surface area contributed by atoms with E-state index in [-0.39, 0.29) is 0 Å². The Morgan fingerprint density at radius 2 is 2.12 bits per heavy atom. The topological polar surface area (TPSA) is 30.0 Å². The van der Waals surface area contributed by atoms with E-state index >= 15 is 0 Å². The number of pyridine rings is 1. The van der Waals surface area contributed by atoms with Crippen molar-refractivity contribution in [1.82, 2.24) is 4.98 Å². The van der Waals surface area contributed by atoms with Crippen molar-refractivity contribution in [2.45, 2.75) is 6.92 Å². The van der Waals surface area contributed by atoms with Crippen LogP contribution in [0.5, 0.6) is 0 Å². The second-order valence-electron chi connectivity index (χ2n) is 3.54. The molecule has 0 aliphatic rings. The first-order valence-corrected chi connectivity index (χ1v) is 5.27. The van der Waals surface area contributed by atoms with E-state index in [9.17, 15) is 4.79 Å². The van der Waals surface area contributed by atoms with E-state index in [0.29, 0.717) is 16.3 Å². The number of nitrogens with zero attached hydrogens (tertiary/aromatic N) is 1. The average molecular weight is 232 g/mol. The third-order valence-corrected chi connectivity index (χ3v) is 2.67. The summed E-state index contributed by atoms with van der Waals surface area (Å²) in [7, 11) is 0. The van der Waals surface area contributed by atoms with E-state index in [0.717, 1.165) is 17.4 Å². The van der Waals surface area contributed by atoms with E-state index < -0.39 is 0 Å². The van der Waals surface area contributed by atoms with Crippen LogP contribution in [0.2, 0.25) is 5.02 Å². The van der Waals surface area contributed by atoms with Gasteiger partial charge in [-0.25, -0.2) is 0 Å². The van der Waals surface area contributed by atoms with Crippen LogP contribution >= 0.6 is 11.6 Å². The Labute approximate surface area is 98.9 Å². The SMILES string of the molecule is Cc1ccc(Cl)c(-c2ncccc2C=O)c1. The maximum absolute atomic E-state index is 10.9. The number of aromatic nitrogens is 1. The number of carbonyl (C=O) groups excluding carboxylic acids is 1. The van der Waals surface area contributed by atoms with Gasteiger partial charge in [0.1, 0.15) is 0 Å². The van der Waals surface area contributed by atoms with E-state index in [1.165, 1.54) is 0 Å². The third-order valence-electron chi connectivity index (χ3n) is 2.34. The minimum atomic E-state index is 0.551. The van der Waals surface area contributed by atoms with Crippen LogP contribution in [0.1, 0.15) is 15.9 Å². The fraction of sp³-hybridized carbons (Fsp3) is 0.0769. The van der Waals surface area contributed by atoms with Gasteiger partial charge >= 0.3 is 0 Å². The molecule has 0 aliphatic heterocycles. The van der Waals surface area contributed by atoms with Gasteiger partial charge in [0.05, 0.1) is 5.69 Å². The van der Waals surface area contributed by atoms with Crippen LogP contribution in [0.3, 0.4) is 0 Å². The first-order chi connectivity index (χ1) is 7.72. The molecule has 0 amide bonds. The van der Waals surface area contributed by atoms with Gasteiger partial charge in [-0.2, -0.15) is 0 Å². The Morgan fingerprint density at radius 3 is 2.88 bits per heavy atom. The zero-order chi connectivity index (χ0) is 11.5. The molecule has 1 aromatic carbocycles. The summed E-state index contributed by atoms with van der Waals surface area (Å²) < 4.78 is 0. The summed E-state index contributed by atoms with van der Waals surface area (Å²) in [5, 5.41) is 0.604. The molecule has 0 bridgehead atoms. The lowest BCUT2D eigenvalue weighted by molar-refractivity contribution is 0.112. The van der Waals surface area contributed by atoms with Crippen molar-refractivity contribution in [3.05, 3.63) is 52.7 Å². The molecule has 2 rings (SSSR count). The van der Waals surface area contributed by atoms with E-state index in [2.05, 4.69) is 4.98 Å². The van der Waals surface area contributed by atoms with Gasteiger partial charge in [-0.15, -0.1) is 0 Å². The molecule has 1 heterocycles. The van der Waals surface area contributed by atoms with Gasteiger partial charge in [0.25, 0.3) is 0 Å². The molecule has 80 valence electrons. The number of rotatable bonds is 2. The van der Waals surface area contributed by atoms with Crippen molar-refractivity contribution in [1.29, 1.82) is 0 Å². The minimum absolute atomic E-state index is 0.551. The lowest BCUT2D eigenvalue weighted by Crippen LogP contribution is -1.92. The van der Waals surface area contributed by atoms with Gasteiger partial charge in [-0.05, 0) is 31.2 Å².